The van der Waals surface area contributed by atoms with Crippen LogP contribution in [0.1, 0.15) is 28.8 Å². The second-order valence-electron chi connectivity index (χ2n) is 8.44. The number of aromatic nitrogens is 2. The maximum atomic E-state index is 15.1. The number of carbonyl (C=O) groups is 2. The number of piperidine rings is 1. The average Bonchev–Trinajstić information content (AvgIpc) is 3.22. The minimum Gasteiger partial charge on any atom is -0.436 e. The first-order valence-electron chi connectivity index (χ1n) is 11.0. The van der Waals surface area contributed by atoms with E-state index in [0.29, 0.717) is 6.42 Å². The SMILES string of the molecule is Nc1c(C(=O)N2CCC[C@@]3(C2)OC(=O)Nc2ccc(Cl)c(F)c23)cnn1-c1cccc(F)c1OC(F)F. The fourth-order valence-corrected chi connectivity index (χ4v) is 4.86. The van der Waals surface area contributed by atoms with Crippen LogP contribution in [-0.4, -0.2) is 46.4 Å². The van der Waals surface area contributed by atoms with Gasteiger partial charge in [-0.3, -0.25) is 10.1 Å². The summed E-state index contributed by atoms with van der Waals surface area (Å²) in [4.78, 5) is 27.0. The third-order valence-corrected chi connectivity index (χ3v) is 6.53. The predicted molar refractivity (Wildman–Crippen MR) is 123 cm³/mol. The Morgan fingerprint density at radius 3 is 2.81 bits per heavy atom. The van der Waals surface area contributed by atoms with Crippen molar-refractivity contribution in [2.45, 2.75) is 25.1 Å². The molecule has 3 N–H and O–H groups in total. The Morgan fingerprint density at radius 1 is 1.27 bits per heavy atom. The van der Waals surface area contributed by atoms with Gasteiger partial charge in [0.1, 0.15) is 17.1 Å². The Morgan fingerprint density at radius 2 is 2.05 bits per heavy atom. The number of benzene rings is 2. The number of nitrogens with zero attached hydrogens (tertiary/aromatic N) is 3. The van der Waals surface area contributed by atoms with Gasteiger partial charge in [-0.05, 0) is 37.1 Å². The topological polar surface area (TPSA) is 112 Å². The van der Waals surface area contributed by atoms with Crippen molar-refractivity contribution >= 4 is 35.1 Å². The van der Waals surface area contributed by atoms with Gasteiger partial charge in [0.2, 0.25) is 0 Å². The number of halogens is 5. The number of alkyl halides is 2. The number of nitrogens with two attached hydrogens (primary N) is 1. The molecule has 2 amide bonds. The van der Waals surface area contributed by atoms with Crippen molar-refractivity contribution in [3.05, 3.63) is 64.3 Å². The average molecular weight is 540 g/mol. The van der Waals surface area contributed by atoms with Gasteiger partial charge in [0.25, 0.3) is 5.91 Å². The van der Waals surface area contributed by atoms with Crippen LogP contribution in [-0.2, 0) is 10.3 Å². The Labute approximate surface area is 211 Å². The molecular weight excluding hydrogens is 522 g/mol. The molecule has 0 unspecified atom stereocenters. The molecule has 2 aliphatic heterocycles. The van der Waals surface area contributed by atoms with E-state index < -0.39 is 41.6 Å². The molecule has 14 heteroatoms. The van der Waals surface area contributed by atoms with E-state index in [1.807, 2.05) is 0 Å². The van der Waals surface area contributed by atoms with Gasteiger partial charge in [-0.2, -0.15) is 13.9 Å². The Kier molecular flexibility index (Phi) is 6.10. The fraction of sp³-hybridized carbons (Fsp3) is 0.261. The Balaban J connectivity index is 1.49. The molecule has 2 aliphatic rings. The molecule has 5 rings (SSSR count). The van der Waals surface area contributed by atoms with E-state index in [0.717, 1.165) is 16.9 Å². The molecule has 3 aromatic rings. The molecular formula is C23H18ClF4N5O4. The van der Waals surface area contributed by atoms with Crippen molar-refractivity contribution in [1.82, 2.24) is 14.7 Å². The predicted octanol–water partition coefficient (Wildman–Crippen LogP) is 4.68. The van der Waals surface area contributed by atoms with Gasteiger partial charge in [-0.25, -0.2) is 18.3 Å². The fourth-order valence-electron chi connectivity index (χ4n) is 4.70. The summed E-state index contributed by atoms with van der Waals surface area (Å²) in [5.41, 5.74) is 4.44. The van der Waals surface area contributed by atoms with Gasteiger partial charge in [0.05, 0.1) is 29.0 Å². The van der Waals surface area contributed by atoms with Crippen molar-refractivity contribution in [2.24, 2.45) is 0 Å². The number of rotatable bonds is 4. The number of likely N-dealkylation sites (tertiary alicyclic amines) is 1. The van der Waals surface area contributed by atoms with Crippen LogP contribution in [0.3, 0.4) is 0 Å². The third-order valence-electron chi connectivity index (χ3n) is 6.24. The van der Waals surface area contributed by atoms with Crippen molar-refractivity contribution in [3.8, 4) is 11.4 Å². The van der Waals surface area contributed by atoms with Crippen molar-refractivity contribution in [2.75, 3.05) is 24.1 Å². The standard InChI is InChI=1S/C23H18ClF4N5O4/c24-12-5-6-14-16(17(12)26)23(37-22(35)31-14)7-2-8-32(10-23)20(34)11-9-30-33(19(11)29)15-4-1-3-13(25)18(15)36-21(27)28/h1,3-6,9,21H,2,7-8,10,29H2,(H,31,35)/t23-/m0/s1. The van der Waals surface area contributed by atoms with Crippen LogP contribution < -0.4 is 15.8 Å². The van der Waals surface area contributed by atoms with Crippen LogP contribution >= 0.6 is 11.6 Å². The molecule has 1 saturated heterocycles. The number of hydrogen-bond acceptors (Lipinski definition) is 6. The van der Waals surface area contributed by atoms with Crippen molar-refractivity contribution in [1.29, 1.82) is 0 Å². The molecule has 37 heavy (non-hydrogen) atoms. The molecule has 0 bridgehead atoms. The van der Waals surface area contributed by atoms with Crippen LogP contribution in [0.25, 0.3) is 5.69 Å². The first kappa shape index (κ1) is 24.7. The first-order valence-corrected chi connectivity index (χ1v) is 11.3. The van der Waals surface area contributed by atoms with Gasteiger partial charge in [-0.1, -0.05) is 17.7 Å². The van der Waals surface area contributed by atoms with E-state index in [1.54, 1.807) is 0 Å². The summed E-state index contributed by atoms with van der Waals surface area (Å²) in [5.74, 6) is -3.57. The second kappa shape index (κ2) is 9.14. The molecule has 0 radical (unpaired) electrons. The molecule has 0 aliphatic carbocycles. The summed E-state index contributed by atoms with van der Waals surface area (Å²) >= 11 is 5.98. The van der Waals surface area contributed by atoms with Crippen LogP contribution in [0.4, 0.5) is 33.9 Å². The van der Waals surface area contributed by atoms with E-state index >= 15 is 4.39 Å². The lowest BCUT2D eigenvalue weighted by Gasteiger charge is -2.45. The number of nitrogens with one attached hydrogen (secondary N) is 1. The summed E-state index contributed by atoms with van der Waals surface area (Å²) < 4.78 is 65.7. The monoisotopic (exact) mass is 539 g/mol. The highest BCUT2D eigenvalue weighted by atomic mass is 35.5. The minimum absolute atomic E-state index is 0.0225. The molecule has 9 nitrogen and oxygen atoms in total. The smallest absolute Gasteiger partial charge is 0.412 e. The summed E-state index contributed by atoms with van der Waals surface area (Å²) in [6.07, 6.45) is 0.847. The zero-order valence-corrected chi connectivity index (χ0v) is 19.6. The van der Waals surface area contributed by atoms with E-state index in [1.165, 1.54) is 29.2 Å². The number of anilines is 2. The van der Waals surface area contributed by atoms with E-state index in [-0.39, 0.29) is 52.9 Å². The highest BCUT2D eigenvalue weighted by Crippen LogP contribution is 2.45. The van der Waals surface area contributed by atoms with Crippen LogP contribution in [0.2, 0.25) is 5.02 Å². The molecule has 3 heterocycles. The number of fused-ring (bicyclic) bond motifs is 2. The number of para-hydroxylation sites is 1. The maximum Gasteiger partial charge on any atom is 0.412 e. The molecule has 0 saturated carbocycles. The van der Waals surface area contributed by atoms with Gasteiger partial charge in [0.15, 0.2) is 23.0 Å². The number of carbonyl (C=O) groups excluding carboxylic acids is 2. The number of nitrogen functional groups attached to an aromatic ring is 1. The molecule has 1 spiro atoms. The van der Waals surface area contributed by atoms with Crippen LogP contribution in [0.15, 0.2) is 36.5 Å². The lowest BCUT2D eigenvalue weighted by Crippen LogP contribution is -2.53. The Bertz CT molecular complexity index is 1420. The third kappa shape index (κ3) is 4.18. The summed E-state index contributed by atoms with van der Waals surface area (Å²) in [5, 5.41) is 6.23. The zero-order valence-electron chi connectivity index (χ0n) is 18.8. The normalized spacial score (nSPS) is 19.0. The summed E-state index contributed by atoms with van der Waals surface area (Å²) in [6.45, 7) is -3.32. The summed E-state index contributed by atoms with van der Waals surface area (Å²) in [6, 6.07) is 6.15. The first-order chi connectivity index (χ1) is 17.6. The zero-order chi connectivity index (χ0) is 26.5. The van der Waals surface area contributed by atoms with Crippen LogP contribution in [0.5, 0.6) is 5.75 Å². The number of amides is 2. The van der Waals surface area contributed by atoms with Gasteiger partial charge in [0, 0.05) is 6.54 Å². The highest BCUT2D eigenvalue weighted by Gasteiger charge is 2.49. The van der Waals surface area contributed by atoms with Crippen LogP contribution in [0, 0.1) is 11.6 Å². The van der Waals surface area contributed by atoms with Crippen molar-refractivity contribution in [3.63, 3.8) is 0 Å². The molecule has 1 atom stereocenters. The van der Waals surface area contributed by atoms with Gasteiger partial charge >= 0.3 is 12.7 Å². The number of ether oxygens (including phenoxy) is 2. The highest BCUT2D eigenvalue weighted by molar-refractivity contribution is 6.31. The van der Waals surface area contributed by atoms with Gasteiger partial charge in [-0.15, -0.1) is 0 Å². The molecule has 194 valence electrons. The lowest BCUT2D eigenvalue weighted by molar-refractivity contribution is -0.0522. The van der Waals surface area contributed by atoms with Gasteiger partial charge < -0.3 is 20.1 Å². The quantitative estimate of drug-likeness (QED) is 0.466. The summed E-state index contributed by atoms with van der Waals surface area (Å²) in [7, 11) is 0. The van der Waals surface area contributed by atoms with E-state index in [9.17, 15) is 22.8 Å². The molecule has 1 aromatic heterocycles. The van der Waals surface area contributed by atoms with Crippen molar-refractivity contribution < 1.29 is 36.6 Å². The lowest BCUT2D eigenvalue weighted by atomic mass is 9.83. The molecule has 2 aromatic carbocycles. The number of hydrogen-bond donors (Lipinski definition) is 2. The Hall–Kier alpha value is -4.00. The van der Waals surface area contributed by atoms with E-state index in [4.69, 9.17) is 22.1 Å². The molecule has 1 fully saturated rings. The minimum atomic E-state index is -3.32. The maximum absolute atomic E-state index is 15.1. The van der Waals surface area contributed by atoms with E-state index in [2.05, 4.69) is 15.2 Å². The second-order valence-corrected chi connectivity index (χ2v) is 8.85. The largest absolute Gasteiger partial charge is 0.436 e.